The Balaban J connectivity index is 1.82. The van der Waals surface area contributed by atoms with Crippen molar-refractivity contribution < 1.29 is 9.59 Å². The number of fused-ring (bicyclic) bond motifs is 3. The molecule has 4 aromatic rings. The molecule has 0 spiro atoms. The van der Waals surface area contributed by atoms with Gasteiger partial charge in [-0.25, -0.2) is 0 Å². The molecule has 9 heteroatoms. The van der Waals surface area contributed by atoms with E-state index in [1.54, 1.807) is 36.4 Å². The number of anilines is 1. The van der Waals surface area contributed by atoms with Gasteiger partial charge in [0.25, 0.3) is 17.4 Å². The number of nitrogens with zero attached hydrogens (tertiary/aromatic N) is 1. The molecule has 0 saturated heterocycles. The van der Waals surface area contributed by atoms with Crippen molar-refractivity contribution in [1.82, 2.24) is 9.88 Å². The lowest BCUT2D eigenvalue weighted by Gasteiger charge is -2.12. The first-order chi connectivity index (χ1) is 13.8. The van der Waals surface area contributed by atoms with Gasteiger partial charge in [0.05, 0.1) is 16.8 Å². The number of hydrogen-bond acceptors (Lipinski definition) is 6. The zero-order chi connectivity index (χ0) is 20.4. The van der Waals surface area contributed by atoms with Crippen molar-refractivity contribution >= 4 is 60.7 Å². The van der Waals surface area contributed by atoms with Gasteiger partial charge in [0, 0.05) is 31.3 Å². The summed E-state index contributed by atoms with van der Waals surface area (Å²) in [4.78, 5) is 49.5. The van der Waals surface area contributed by atoms with E-state index in [2.05, 4.69) is 5.32 Å². The molecule has 3 N–H and O–H groups in total. The van der Waals surface area contributed by atoms with Crippen LogP contribution in [-0.2, 0) is 0 Å². The van der Waals surface area contributed by atoms with Gasteiger partial charge in [-0.3, -0.25) is 29.1 Å². The van der Waals surface area contributed by atoms with Gasteiger partial charge in [0.1, 0.15) is 5.82 Å². The van der Waals surface area contributed by atoms with Crippen molar-refractivity contribution in [2.24, 2.45) is 0 Å². The normalized spacial score (nSPS) is 13.1. The Morgan fingerprint density at radius 3 is 2.34 bits per heavy atom. The number of imide groups is 1. The van der Waals surface area contributed by atoms with Gasteiger partial charge in [0.15, 0.2) is 5.43 Å². The molecule has 3 heterocycles. The maximum Gasteiger partial charge on any atom is 0.262 e. The average Bonchev–Trinajstić information content (AvgIpc) is 2.96. The summed E-state index contributed by atoms with van der Waals surface area (Å²) in [5.41, 5.74) is 5.48. The highest BCUT2D eigenvalue weighted by molar-refractivity contribution is 7.24. The zero-order valence-corrected chi connectivity index (χ0v) is 16.1. The van der Waals surface area contributed by atoms with Crippen molar-refractivity contribution in [3.8, 4) is 5.69 Å². The van der Waals surface area contributed by atoms with Crippen LogP contribution >= 0.6 is 22.9 Å². The first-order valence-electron chi connectivity index (χ1n) is 8.43. The molecule has 0 saturated carbocycles. The summed E-state index contributed by atoms with van der Waals surface area (Å²) in [6.07, 6.45) is 0. The second kappa shape index (κ2) is 6.00. The van der Waals surface area contributed by atoms with E-state index in [0.29, 0.717) is 21.5 Å². The van der Waals surface area contributed by atoms with Crippen molar-refractivity contribution in [3.63, 3.8) is 0 Å². The lowest BCUT2D eigenvalue weighted by molar-refractivity contribution is 0.0880. The second-order valence-corrected chi connectivity index (χ2v) is 8.05. The maximum atomic E-state index is 13.0. The minimum Gasteiger partial charge on any atom is -0.384 e. The van der Waals surface area contributed by atoms with Crippen molar-refractivity contribution in [2.45, 2.75) is 0 Å². The minimum atomic E-state index is -0.663. The number of benzene rings is 2. The second-order valence-electron chi connectivity index (χ2n) is 6.53. The number of rotatable bonds is 1. The highest BCUT2D eigenvalue weighted by atomic mass is 35.5. The molecule has 0 fully saturated rings. The third kappa shape index (κ3) is 2.50. The highest BCUT2D eigenvalue weighted by Crippen LogP contribution is 2.29. The molecule has 2 aromatic heterocycles. The molecular formula is C20H10ClN3O4S. The number of nitrogen functional groups attached to an aromatic ring is 1. The molecule has 5 rings (SSSR count). The smallest absolute Gasteiger partial charge is 0.262 e. The van der Waals surface area contributed by atoms with E-state index < -0.39 is 17.4 Å². The Hall–Kier alpha value is -3.49. The molecule has 0 radical (unpaired) electrons. The molecule has 142 valence electrons. The lowest BCUT2D eigenvalue weighted by Crippen LogP contribution is -2.24. The first-order valence-corrected chi connectivity index (χ1v) is 9.62. The Labute approximate surface area is 170 Å². The predicted octanol–water partition coefficient (Wildman–Crippen LogP) is 2.68. The number of aromatic nitrogens is 1. The molecule has 1 aliphatic heterocycles. The number of nitrogens with two attached hydrogens (primary N) is 1. The van der Waals surface area contributed by atoms with Crippen LogP contribution in [0, 0.1) is 0 Å². The van der Waals surface area contributed by atoms with Gasteiger partial charge >= 0.3 is 0 Å². The Morgan fingerprint density at radius 1 is 0.897 bits per heavy atom. The summed E-state index contributed by atoms with van der Waals surface area (Å²) in [5.74, 6) is -1.48. The number of carbonyl (C=O) groups excluding carboxylic acids is 2. The first kappa shape index (κ1) is 17.6. The SMILES string of the molecule is Nc1c2c(cc(=O)n1-c1ccc3sc4ccc(Cl)cc4c(=O)c3c1)C(=O)NC2=O. The number of carbonyl (C=O) groups is 2. The molecule has 0 atom stereocenters. The van der Waals surface area contributed by atoms with Gasteiger partial charge in [-0.15, -0.1) is 11.3 Å². The van der Waals surface area contributed by atoms with Crippen molar-refractivity contribution in [3.05, 3.63) is 79.2 Å². The Kier molecular flexibility index (Phi) is 3.64. The molecule has 7 nitrogen and oxygen atoms in total. The van der Waals surface area contributed by atoms with Crippen LogP contribution in [0.1, 0.15) is 20.7 Å². The van der Waals surface area contributed by atoms with Crippen molar-refractivity contribution in [1.29, 1.82) is 0 Å². The van der Waals surface area contributed by atoms with Crippen LogP contribution in [-0.4, -0.2) is 16.4 Å². The van der Waals surface area contributed by atoms with Gasteiger partial charge in [0.2, 0.25) is 0 Å². The van der Waals surface area contributed by atoms with Gasteiger partial charge in [-0.2, -0.15) is 0 Å². The molecule has 2 aromatic carbocycles. The molecule has 2 amide bonds. The van der Waals surface area contributed by atoms with Gasteiger partial charge in [-0.1, -0.05) is 11.6 Å². The highest BCUT2D eigenvalue weighted by Gasteiger charge is 2.31. The predicted molar refractivity (Wildman–Crippen MR) is 112 cm³/mol. The van der Waals surface area contributed by atoms with E-state index in [4.69, 9.17) is 17.3 Å². The Bertz CT molecular complexity index is 1540. The van der Waals surface area contributed by atoms with E-state index in [0.717, 1.165) is 20.0 Å². The van der Waals surface area contributed by atoms with Crippen LogP contribution in [0.2, 0.25) is 5.02 Å². The largest absolute Gasteiger partial charge is 0.384 e. The molecular weight excluding hydrogens is 414 g/mol. The standard InChI is InChI=1S/C20H10ClN3O4S/c21-8-1-3-13-10(5-8)17(26)11-6-9(2-4-14(11)29-13)24-15(25)7-12-16(18(24)22)20(28)23-19(12)27/h1-7H,22H2,(H,23,27,28). The van der Waals surface area contributed by atoms with E-state index in [9.17, 15) is 19.2 Å². The number of halogens is 1. The van der Waals surface area contributed by atoms with Crippen LogP contribution in [0.4, 0.5) is 5.82 Å². The van der Waals surface area contributed by atoms with Crippen molar-refractivity contribution in [2.75, 3.05) is 5.73 Å². The molecule has 29 heavy (non-hydrogen) atoms. The monoisotopic (exact) mass is 423 g/mol. The zero-order valence-electron chi connectivity index (χ0n) is 14.5. The number of hydrogen-bond donors (Lipinski definition) is 2. The minimum absolute atomic E-state index is 0.0508. The van der Waals surface area contributed by atoms with Crippen LogP contribution in [0.3, 0.4) is 0 Å². The maximum absolute atomic E-state index is 13.0. The topological polar surface area (TPSA) is 111 Å². The van der Waals surface area contributed by atoms with Crippen LogP contribution in [0.15, 0.2) is 52.1 Å². The number of nitrogens with one attached hydrogen (secondary N) is 1. The Morgan fingerprint density at radius 2 is 1.59 bits per heavy atom. The fourth-order valence-electron chi connectivity index (χ4n) is 3.50. The summed E-state index contributed by atoms with van der Waals surface area (Å²) >= 11 is 7.45. The summed E-state index contributed by atoms with van der Waals surface area (Å²) < 4.78 is 2.64. The summed E-state index contributed by atoms with van der Waals surface area (Å²) in [7, 11) is 0. The van der Waals surface area contributed by atoms with Crippen LogP contribution < -0.4 is 22.0 Å². The van der Waals surface area contributed by atoms with E-state index in [1.165, 1.54) is 11.3 Å². The average molecular weight is 424 g/mol. The van der Waals surface area contributed by atoms with Gasteiger partial charge < -0.3 is 5.73 Å². The molecule has 0 unspecified atom stereocenters. The summed E-state index contributed by atoms with van der Waals surface area (Å²) in [5, 5.41) is 3.45. The van der Waals surface area contributed by atoms with E-state index >= 15 is 0 Å². The van der Waals surface area contributed by atoms with Gasteiger partial charge in [-0.05, 0) is 36.4 Å². The fraction of sp³-hybridized carbons (Fsp3) is 0. The number of pyridine rings is 1. The summed E-state index contributed by atoms with van der Waals surface area (Å²) in [6, 6.07) is 11.1. The summed E-state index contributed by atoms with van der Waals surface area (Å²) in [6.45, 7) is 0. The fourth-order valence-corrected chi connectivity index (χ4v) is 4.71. The molecule has 0 bridgehead atoms. The quantitative estimate of drug-likeness (QED) is 0.361. The third-order valence-electron chi connectivity index (χ3n) is 4.83. The molecule has 1 aliphatic rings. The molecule has 0 aliphatic carbocycles. The van der Waals surface area contributed by atoms with E-state index in [-0.39, 0.29) is 22.4 Å². The van der Waals surface area contributed by atoms with Crippen LogP contribution in [0.5, 0.6) is 0 Å². The third-order valence-corrected chi connectivity index (χ3v) is 6.21. The van der Waals surface area contributed by atoms with E-state index in [1.807, 2.05) is 0 Å². The number of amides is 2. The lowest BCUT2D eigenvalue weighted by atomic mass is 10.1. The van der Waals surface area contributed by atoms with Crippen LogP contribution in [0.25, 0.3) is 25.9 Å².